The second-order valence-electron chi connectivity index (χ2n) is 5.56. The third-order valence-electron chi connectivity index (χ3n) is 3.18. The van der Waals surface area contributed by atoms with Crippen LogP contribution in [0.1, 0.15) is 19.4 Å². The van der Waals surface area contributed by atoms with Gasteiger partial charge < -0.3 is 5.32 Å². The minimum absolute atomic E-state index is 0.0117. The number of halogens is 1. The number of hydrogen-bond acceptors (Lipinski definition) is 7. The number of nitrogens with zero attached hydrogens (tertiary/aromatic N) is 2. The molecule has 0 fully saturated rings. The molecule has 1 aromatic rings. The average molecular weight is 541 g/mol. The van der Waals surface area contributed by atoms with Crippen LogP contribution < -0.4 is 13.8 Å². The van der Waals surface area contributed by atoms with Crippen LogP contribution in [0.2, 0.25) is 0 Å². The van der Waals surface area contributed by atoms with Gasteiger partial charge in [0.15, 0.2) is 0 Å². The molecule has 0 aliphatic carbocycles. The van der Waals surface area contributed by atoms with Gasteiger partial charge in [0.2, 0.25) is 17.4 Å². The summed E-state index contributed by atoms with van der Waals surface area (Å²) in [5.41, 5.74) is 7.66. The Bertz CT molecular complexity index is 692. The Morgan fingerprint density at radius 2 is 2.14 bits per heavy atom. The summed E-state index contributed by atoms with van der Waals surface area (Å²) in [6, 6.07) is 8.15. The van der Waals surface area contributed by atoms with Crippen LogP contribution in [-0.2, 0) is 20.7 Å². The number of rotatable bonds is 14. The SMILES string of the molecule is [2H]I(CC)NC(=O)COCCc1ccc(SSC(C)CNC(=O)CN=[N+]=N)cc1. The summed E-state index contributed by atoms with van der Waals surface area (Å²) in [6.45, 7) is 4.82. The van der Waals surface area contributed by atoms with E-state index in [4.69, 9.17) is 10.9 Å². The van der Waals surface area contributed by atoms with Crippen molar-refractivity contribution in [1.29, 1.82) is 6.12 Å². The summed E-state index contributed by atoms with van der Waals surface area (Å²) in [7, 11) is 3.31. The quantitative estimate of drug-likeness (QED) is 0.0637. The number of alkyl halides is 1. The van der Waals surface area contributed by atoms with Gasteiger partial charge in [-0.25, -0.2) is 0 Å². The molecule has 28 heavy (non-hydrogen) atoms. The van der Waals surface area contributed by atoms with Gasteiger partial charge in [-0.2, -0.15) is 0 Å². The Morgan fingerprint density at radius 1 is 1.39 bits per heavy atom. The first-order valence-corrected chi connectivity index (χ1v) is 13.5. The minimum atomic E-state index is -2.02. The Hall–Kier alpha value is -1.14. The average Bonchev–Trinajstić information content (AvgIpc) is 2.72. The number of amides is 2. The van der Waals surface area contributed by atoms with Gasteiger partial charge in [0.1, 0.15) is 10.6 Å². The van der Waals surface area contributed by atoms with Crippen LogP contribution in [-0.4, -0.2) is 48.4 Å². The van der Waals surface area contributed by atoms with Crippen molar-refractivity contribution >= 4 is 54.7 Å². The summed E-state index contributed by atoms with van der Waals surface area (Å²) in [5.74, 6) is -0.434. The van der Waals surface area contributed by atoms with Crippen molar-refractivity contribution < 1.29 is 14.3 Å². The first-order valence-electron chi connectivity index (χ1n) is 9.09. The summed E-state index contributed by atoms with van der Waals surface area (Å²) in [6.07, 6.45) is 0.723. The van der Waals surface area contributed by atoms with Crippen LogP contribution in [0.15, 0.2) is 34.3 Å². The van der Waals surface area contributed by atoms with Gasteiger partial charge in [-0.1, -0.05) is 6.92 Å². The molecular formula is C17H27IN5O3S2+. The Morgan fingerprint density at radius 3 is 2.82 bits per heavy atom. The third kappa shape index (κ3) is 12.3. The van der Waals surface area contributed by atoms with Crippen LogP contribution in [0.3, 0.4) is 0 Å². The standard InChI is InChI=1S/C17H26IN5O3S2/c1-3-18-22-17(25)12-26-9-8-14-4-6-15(7-5-14)28-27-13(2)10-20-16(24)11-21-23-19/h4-7,13,18-19H,3,8-12H2,1-2H3,(H-,20,22,24,25)/p+1/i18D. The maximum atomic E-state index is 11.6. The van der Waals surface area contributed by atoms with E-state index in [1.54, 1.807) is 21.6 Å². The number of hydrogen-bond donors (Lipinski definition) is 3. The van der Waals surface area contributed by atoms with Gasteiger partial charge >= 0.3 is 128 Å². The summed E-state index contributed by atoms with van der Waals surface area (Å²) in [5, 5.41) is 6.30. The van der Waals surface area contributed by atoms with Crippen LogP contribution in [0.4, 0.5) is 0 Å². The molecule has 1 aromatic carbocycles. The van der Waals surface area contributed by atoms with Gasteiger partial charge in [-0.3, -0.25) is 4.79 Å². The van der Waals surface area contributed by atoms with E-state index >= 15 is 0 Å². The van der Waals surface area contributed by atoms with Crippen LogP contribution >= 0.6 is 42.9 Å². The zero-order valence-electron chi connectivity index (χ0n) is 16.9. The fourth-order valence-electron chi connectivity index (χ4n) is 1.82. The van der Waals surface area contributed by atoms with E-state index in [0.717, 1.165) is 21.3 Å². The van der Waals surface area contributed by atoms with Gasteiger partial charge in [-0.15, -0.1) is 0 Å². The molecule has 0 heterocycles. The third-order valence-corrected chi connectivity index (χ3v) is 7.83. The molecule has 2 amide bonds. The molecule has 0 aromatic heterocycles. The zero-order chi connectivity index (χ0) is 21.5. The first kappa shape index (κ1) is 23.1. The topological polar surface area (TPSA) is 118 Å². The molecule has 0 radical (unpaired) electrons. The Kier molecular flexibility index (Phi) is 13.0. The van der Waals surface area contributed by atoms with Crippen molar-refractivity contribution in [2.24, 2.45) is 5.11 Å². The monoisotopic (exact) mass is 541 g/mol. The predicted octanol–water partition coefficient (Wildman–Crippen LogP) is 2.80. The summed E-state index contributed by atoms with van der Waals surface area (Å²) >= 11 is -2.02. The van der Waals surface area contributed by atoms with Gasteiger partial charge in [0.25, 0.3) is 0 Å². The molecule has 0 saturated heterocycles. The molecule has 0 bridgehead atoms. The molecule has 0 aliphatic heterocycles. The van der Waals surface area contributed by atoms with E-state index in [9.17, 15) is 9.59 Å². The van der Waals surface area contributed by atoms with E-state index in [2.05, 4.69) is 18.9 Å². The summed E-state index contributed by atoms with van der Waals surface area (Å²) in [4.78, 5) is 26.9. The molecule has 0 spiro atoms. The molecule has 11 heteroatoms. The second kappa shape index (κ2) is 15.7. The van der Waals surface area contributed by atoms with Gasteiger partial charge in [0, 0.05) is 11.8 Å². The van der Waals surface area contributed by atoms with Crippen molar-refractivity contribution in [1.82, 2.24) is 13.8 Å². The Balaban J connectivity index is 2.22. The van der Waals surface area contributed by atoms with E-state index in [1.165, 1.54) is 0 Å². The van der Waals surface area contributed by atoms with E-state index in [-0.39, 0.29) is 30.2 Å². The molecule has 1 atom stereocenters. The first-order chi connectivity index (χ1) is 13.9. The van der Waals surface area contributed by atoms with Gasteiger partial charge in [0.05, 0.1) is 0 Å². The fraction of sp³-hybridized carbons (Fsp3) is 0.529. The molecule has 8 nitrogen and oxygen atoms in total. The normalized spacial score (nSPS) is 12.4. The van der Waals surface area contributed by atoms with Crippen molar-refractivity contribution in [2.45, 2.75) is 30.4 Å². The van der Waals surface area contributed by atoms with E-state index in [0.29, 0.717) is 13.2 Å². The van der Waals surface area contributed by atoms with Crippen molar-refractivity contribution in [3.63, 3.8) is 0 Å². The van der Waals surface area contributed by atoms with Crippen molar-refractivity contribution in [3.05, 3.63) is 29.8 Å². The van der Waals surface area contributed by atoms with Crippen LogP contribution in [0.25, 0.3) is 0 Å². The molecule has 156 valence electrons. The molecule has 0 aliphatic rings. The van der Waals surface area contributed by atoms with Crippen LogP contribution in [0, 0.1) is 5.53 Å². The molecule has 0 saturated carbocycles. The summed E-state index contributed by atoms with van der Waals surface area (Å²) < 4.78 is 16.5. The maximum absolute atomic E-state index is 11.6. The van der Waals surface area contributed by atoms with Crippen LogP contribution in [0.5, 0.6) is 0 Å². The molecule has 1 unspecified atom stereocenters. The predicted molar refractivity (Wildman–Crippen MR) is 123 cm³/mol. The molecule has 3 N–H and O–H groups in total. The van der Waals surface area contributed by atoms with Crippen molar-refractivity contribution in [2.75, 3.05) is 30.7 Å². The number of nitrogens with one attached hydrogen (secondary N) is 3. The fourth-order valence-corrected chi connectivity index (χ4v) is 4.82. The number of carbonyl (C=O) groups is 2. The number of ether oxygens (including phenoxy) is 1. The Labute approximate surface area is 184 Å². The second-order valence-corrected chi connectivity index (χ2v) is 11.1. The zero-order valence-corrected chi connectivity index (χ0v) is 19.7. The molecular weight excluding hydrogens is 513 g/mol. The van der Waals surface area contributed by atoms with E-state index < -0.39 is 21.3 Å². The molecule has 1 rings (SSSR count). The van der Waals surface area contributed by atoms with E-state index in [1.807, 2.05) is 38.1 Å². The van der Waals surface area contributed by atoms with Gasteiger partial charge in [-0.05, 0) is 0 Å². The van der Waals surface area contributed by atoms with Crippen molar-refractivity contribution in [3.8, 4) is 0 Å². The number of carbonyl (C=O) groups excluding carboxylic acids is 2. The number of benzene rings is 1.